The zero-order valence-electron chi connectivity index (χ0n) is 12.5. The smallest absolute Gasteiger partial charge is 0.230 e. The van der Waals surface area contributed by atoms with Crippen molar-refractivity contribution >= 4 is 11.6 Å². The summed E-state index contributed by atoms with van der Waals surface area (Å²) in [7, 11) is 0. The maximum Gasteiger partial charge on any atom is 0.230 e. The molecule has 3 aliphatic carbocycles. The minimum absolute atomic E-state index is 0.290. The average Bonchev–Trinajstić information content (AvgIpc) is 3.12. The zero-order chi connectivity index (χ0) is 14.4. The van der Waals surface area contributed by atoms with Gasteiger partial charge in [-0.2, -0.15) is 0 Å². The molecule has 0 aliphatic heterocycles. The molecule has 3 saturated carbocycles. The van der Waals surface area contributed by atoms with E-state index in [-0.39, 0.29) is 0 Å². The lowest BCUT2D eigenvalue weighted by Crippen LogP contribution is -2.40. The van der Waals surface area contributed by atoms with Crippen molar-refractivity contribution in [1.82, 2.24) is 0 Å². The highest BCUT2D eigenvalue weighted by molar-refractivity contribution is 5.96. The first-order chi connectivity index (χ1) is 10.3. The third-order valence-electron chi connectivity index (χ3n) is 5.65. The van der Waals surface area contributed by atoms with E-state index < -0.39 is 0 Å². The third kappa shape index (κ3) is 2.38. The fraction of sp³-hybridized carbons (Fsp3) is 0.611. The molecule has 0 aromatic heterocycles. The van der Waals surface area contributed by atoms with Crippen LogP contribution in [-0.4, -0.2) is 11.9 Å². The van der Waals surface area contributed by atoms with E-state index in [1.807, 2.05) is 0 Å². The first-order valence-electron chi connectivity index (χ1n) is 8.38. The highest BCUT2D eigenvalue weighted by Crippen LogP contribution is 2.50. The molecule has 0 radical (unpaired) electrons. The maximum absolute atomic E-state index is 13.1. The maximum atomic E-state index is 13.1. The summed E-state index contributed by atoms with van der Waals surface area (Å²) in [6.07, 6.45) is 7.36. The van der Waals surface area contributed by atoms with Gasteiger partial charge in [-0.25, -0.2) is 0 Å². The van der Waals surface area contributed by atoms with Crippen LogP contribution in [0.1, 0.15) is 44.1 Å². The normalized spacial score (nSPS) is 30.6. The first kappa shape index (κ1) is 13.3. The summed E-state index contributed by atoms with van der Waals surface area (Å²) in [5.41, 5.74) is 7.87. The van der Waals surface area contributed by atoms with Crippen LogP contribution >= 0.6 is 0 Å². The molecule has 3 fully saturated rings. The van der Waals surface area contributed by atoms with Gasteiger partial charge in [0.05, 0.1) is 0 Å². The van der Waals surface area contributed by atoms with Gasteiger partial charge in [-0.1, -0.05) is 18.6 Å². The van der Waals surface area contributed by atoms with E-state index in [0.29, 0.717) is 30.3 Å². The molecule has 21 heavy (non-hydrogen) atoms. The number of rotatable bonds is 4. The molecule has 3 heteroatoms. The van der Waals surface area contributed by atoms with Gasteiger partial charge >= 0.3 is 0 Å². The van der Waals surface area contributed by atoms with Gasteiger partial charge in [-0.15, -0.1) is 0 Å². The Labute approximate surface area is 126 Å². The molecular weight excluding hydrogens is 260 g/mol. The minimum atomic E-state index is 0.290. The van der Waals surface area contributed by atoms with Crippen LogP contribution in [0.2, 0.25) is 0 Å². The van der Waals surface area contributed by atoms with Crippen molar-refractivity contribution < 1.29 is 4.79 Å². The van der Waals surface area contributed by atoms with Crippen molar-refractivity contribution in [2.75, 3.05) is 4.90 Å². The standard InChI is InChI=1S/C18H24N2O/c19-11-12-2-5-15(6-3-12)20(16-7-8-16)18(21)17-10-13-1-4-14(17)9-13/h2-3,5-6,13-14,16-17H,1,4,7-11,19H2. The Hall–Kier alpha value is -1.35. The molecule has 0 saturated heterocycles. The van der Waals surface area contributed by atoms with Crippen LogP contribution in [0.25, 0.3) is 0 Å². The Morgan fingerprint density at radius 1 is 1.10 bits per heavy atom. The van der Waals surface area contributed by atoms with Crippen LogP contribution in [0.15, 0.2) is 24.3 Å². The highest BCUT2D eigenvalue weighted by atomic mass is 16.2. The third-order valence-corrected chi connectivity index (χ3v) is 5.65. The van der Waals surface area contributed by atoms with Crippen LogP contribution < -0.4 is 10.6 Å². The molecule has 4 rings (SSSR count). The number of nitrogens with zero attached hydrogens (tertiary/aromatic N) is 1. The Bertz CT molecular complexity index is 535. The molecule has 3 unspecified atom stereocenters. The van der Waals surface area contributed by atoms with Gasteiger partial charge in [0.15, 0.2) is 0 Å². The predicted octanol–water partition coefficient (Wildman–Crippen LogP) is 3.08. The molecule has 1 aromatic carbocycles. The monoisotopic (exact) mass is 284 g/mol. The Morgan fingerprint density at radius 2 is 1.86 bits per heavy atom. The summed E-state index contributed by atoms with van der Waals surface area (Å²) in [5, 5.41) is 0. The second kappa shape index (κ2) is 5.13. The van der Waals surface area contributed by atoms with Gasteiger partial charge in [0.2, 0.25) is 5.91 Å². The number of hydrogen-bond acceptors (Lipinski definition) is 2. The van der Waals surface area contributed by atoms with Crippen molar-refractivity contribution in [3.05, 3.63) is 29.8 Å². The number of fused-ring (bicyclic) bond motifs is 2. The topological polar surface area (TPSA) is 46.3 Å². The largest absolute Gasteiger partial charge is 0.326 e. The van der Waals surface area contributed by atoms with Crippen LogP contribution in [0, 0.1) is 17.8 Å². The van der Waals surface area contributed by atoms with Gasteiger partial charge in [-0.05, 0) is 61.6 Å². The van der Waals surface area contributed by atoms with Crippen molar-refractivity contribution in [3.63, 3.8) is 0 Å². The molecule has 2 N–H and O–H groups in total. The van der Waals surface area contributed by atoms with Crippen LogP contribution in [-0.2, 0) is 11.3 Å². The SMILES string of the molecule is NCc1ccc(N(C(=O)C2CC3CCC2C3)C2CC2)cc1. The number of nitrogens with two attached hydrogens (primary N) is 1. The molecule has 112 valence electrons. The van der Waals surface area contributed by atoms with E-state index in [4.69, 9.17) is 5.73 Å². The van der Waals surface area contributed by atoms with E-state index in [9.17, 15) is 4.79 Å². The number of carbonyl (C=O) groups is 1. The molecule has 0 spiro atoms. The quantitative estimate of drug-likeness (QED) is 0.923. The van der Waals surface area contributed by atoms with Gasteiger partial charge in [0.1, 0.15) is 0 Å². The molecule has 3 aliphatic rings. The van der Waals surface area contributed by atoms with Gasteiger partial charge in [0, 0.05) is 24.2 Å². The first-order valence-corrected chi connectivity index (χ1v) is 8.38. The number of hydrogen-bond donors (Lipinski definition) is 1. The summed E-state index contributed by atoms with van der Waals surface area (Å²) < 4.78 is 0. The molecule has 2 bridgehead atoms. The van der Waals surface area contributed by atoms with E-state index in [1.54, 1.807) is 0 Å². The highest BCUT2D eigenvalue weighted by Gasteiger charge is 2.46. The molecule has 1 amide bonds. The van der Waals surface area contributed by atoms with Crippen molar-refractivity contribution in [1.29, 1.82) is 0 Å². The van der Waals surface area contributed by atoms with Gasteiger partial charge < -0.3 is 10.6 Å². The summed E-state index contributed by atoms with van der Waals surface area (Å²) in [6, 6.07) is 8.70. The Morgan fingerprint density at radius 3 is 2.38 bits per heavy atom. The van der Waals surface area contributed by atoms with Crippen LogP contribution in [0.5, 0.6) is 0 Å². The van der Waals surface area contributed by atoms with E-state index >= 15 is 0 Å². The Kier molecular flexibility index (Phi) is 3.26. The zero-order valence-corrected chi connectivity index (χ0v) is 12.5. The lowest BCUT2D eigenvalue weighted by Gasteiger charge is -2.30. The predicted molar refractivity (Wildman–Crippen MR) is 83.8 cm³/mol. The number of anilines is 1. The number of amides is 1. The second-order valence-corrected chi connectivity index (χ2v) is 7.09. The van der Waals surface area contributed by atoms with E-state index in [0.717, 1.165) is 36.4 Å². The van der Waals surface area contributed by atoms with E-state index in [2.05, 4.69) is 29.2 Å². The fourth-order valence-electron chi connectivity index (χ4n) is 4.37. The van der Waals surface area contributed by atoms with Crippen molar-refractivity contribution in [3.8, 4) is 0 Å². The fourth-order valence-corrected chi connectivity index (χ4v) is 4.37. The van der Waals surface area contributed by atoms with Crippen molar-refractivity contribution in [2.45, 2.75) is 51.1 Å². The summed E-state index contributed by atoms with van der Waals surface area (Å²) in [6.45, 7) is 0.560. The minimum Gasteiger partial charge on any atom is -0.326 e. The van der Waals surface area contributed by atoms with Crippen LogP contribution in [0.3, 0.4) is 0 Å². The van der Waals surface area contributed by atoms with Crippen LogP contribution in [0.4, 0.5) is 5.69 Å². The lowest BCUT2D eigenvalue weighted by atomic mass is 9.87. The Balaban J connectivity index is 1.57. The number of benzene rings is 1. The molecule has 1 aromatic rings. The lowest BCUT2D eigenvalue weighted by molar-refractivity contribution is -0.124. The molecular formula is C18H24N2O. The van der Waals surface area contributed by atoms with Gasteiger partial charge in [-0.3, -0.25) is 4.79 Å². The average molecular weight is 284 g/mol. The summed E-state index contributed by atoms with van der Waals surface area (Å²) >= 11 is 0. The molecule has 3 nitrogen and oxygen atoms in total. The molecule has 3 atom stereocenters. The molecule has 0 heterocycles. The number of carbonyl (C=O) groups excluding carboxylic acids is 1. The van der Waals surface area contributed by atoms with Crippen molar-refractivity contribution in [2.24, 2.45) is 23.5 Å². The second-order valence-electron chi connectivity index (χ2n) is 7.09. The summed E-state index contributed by atoms with van der Waals surface area (Å²) in [5.74, 6) is 2.17. The summed E-state index contributed by atoms with van der Waals surface area (Å²) in [4.78, 5) is 15.2. The van der Waals surface area contributed by atoms with Gasteiger partial charge in [0.25, 0.3) is 0 Å². The van der Waals surface area contributed by atoms with E-state index in [1.165, 1.54) is 19.3 Å².